The number of rotatable bonds is 9. The Kier molecular flexibility index (Phi) is 8.74. The van der Waals surface area contributed by atoms with Gasteiger partial charge in [-0.3, -0.25) is 4.79 Å². The quantitative estimate of drug-likeness (QED) is 0.380. The van der Waals surface area contributed by atoms with Crippen LogP contribution in [0.5, 0.6) is 5.75 Å². The third-order valence-electron chi connectivity index (χ3n) is 7.11. The number of piperidine rings is 1. The smallest absolute Gasteiger partial charge is 0.416 e. The number of nitrogens with two attached hydrogens (primary N) is 1. The lowest BCUT2D eigenvalue weighted by atomic mass is 9.87. The Morgan fingerprint density at radius 2 is 1.77 bits per heavy atom. The van der Waals surface area contributed by atoms with Gasteiger partial charge in [0.2, 0.25) is 5.91 Å². The number of nitrogens with zero attached hydrogens (tertiary/aromatic N) is 1. The number of alkyl halides is 3. The van der Waals surface area contributed by atoms with Gasteiger partial charge in [0.05, 0.1) is 29.4 Å². The number of hydrogen-bond donors (Lipinski definition) is 2. The van der Waals surface area contributed by atoms with Crippen LogP contribution in [0.4, 0.5) is 18.9 Å². The van der Waals surface area contributed by atoms with Gasteiger partial charge in [-0.2, -0.15) is 13.2 Å². The number of hydrogen-bond acceptors (Lipinski definition) is 6. The Bertz CT molecular complexity index is 1440. The number of amides is 1. The van der Waals surface area contributed by atoms with E-state index in [1.165, 1.54) is 24.3 Å². The van der Waals surface area contributed by atoms with Crippen LogP contribution in [0.2, 0.25) is 0 Å². The SMILES string of the molecule is CCS(=O)(=O)c1ccc([C@@H](CO)c2cc(N3CCC[C@@H](Oc4ccc(C(F)(F)F)cc4)C3)ccc2C(N)=O)cc1. The predicted molar refractivity (Wildman–Crippen MR) is 145 cm³/mol. The molecule has 1 aliphatic heterocycles. The minimum absolute atomic E-state index is 0.0386. The summed E-state index contributed by atoms with van der Waals surface area (Å²) in [4.78, 5) is 14.5. The van der Waals surface area contributed by atoms with Crippen molar-refractivity contribution in [2.24, 2.45) is 5.73 Å². The predicted octanol–water partition coefficient (Wildman–Crippen LogP) is 4.77. The van der Waals surface area contributed by atoms with Crippen molar-refractivity contribution in [3.63, 3.8) is 0 Å². The fraction of sp³-hybridized carbons (Fsp3) is 0.345. The molecule has 1 aliphatic rings. The summed E-state index contributed by atoms with van der Waals surface area (Å²) < 4.78 is 69.0. The molecular formula is C29H31F3N2O5S. The number of sulfone groups is 1. The Balaban J connectivity index is 1.58. The van der Waals surface area contributed by atoms with Crippen LogP contribution in [0.25, 0.3) is 0 Å². The number of carbonyl (C=O) groups excluding carboxylic acids is 1. The Hall–Kier alpha value is -3.57. The average molecular weight is 577 g/mol. The molecule has 0 aromatic heterocycles. The van der Waals surface area contributed by atoms with Gasteiger partial charge in [0.25, 0.3) is 0 Å². The van der Waals surface area contributed by atoms with Crippen LogP contribution < -0.4 is 15.4 Å². The summed E-state index contributed by atoms with van der Waals surface area (Å²) in [5, 5.41) is 10.3. The summed E-state index contributed by atoms with van der Waals surface area (Å²) >= 11 is 0. The van der Waals surface area contributed by atoms with Crippen molar-refractivity contribution in [2.45, 2.75) is 42.9 Å². The number of primary amides is 1. The summed E-state index contributed by atoms with van der Waals surface area (Å²) in [6, 6.07) is 16.0. The van der Waals surface area contributed by atoms with Gasteiger partial charge in [0.15, 0.2) is 9.84 Å². The molecule has 11 heteroatoms. The van der Waals surface area contributed by atoms with Crippen LogP contribution in [0, 0.1) is 0 Å². The van der Waals surface area contributed by atoms with Gasteiger partial charge < -0.3 is 20.5 Å². The molecule has 3 aromatic carbocycles. The van der Waals surface area contributed by atoms with E-state index in [9.17, 15) is 31.5 Å². The zero-order chi connectivity index (χ0) is 29.1. The highest BCUT2D eigenvalue weighted by Gasteiger charge is 2.30. The molecule has 40 heavy (non-hydrogen) atoms. The number of aliphatic hydroxyl groups is 1. The molecule has 214 valence electrons. The average Bonchev–Trinajstić information content (AvgIpc) is 2.93. The largest absolute Gasteiger partial charge is 0.489 e. The molecule has 7 nitrogen and oxygen atoms in total. The maximum atomic E-state index is 12.9. The lowest BCUT2D eigenvalue weighted by Crippen LogP contribution is -2.41. The van der Waals surface area contributed by atoms with Gasteiger partial charge in [0.1, 0.15) is 11.9 Å². The van der Waals surface area contributed by atoms with Crippen molar-refractivity contribution in [3.8, 4) is 5.75 Å². The van der Waals surface area contributed by atoms with E-state index in [2.05, 4.69) is 4.90 Å². The highest BCUT2D eigenvalue weighted by atomic mass is 32.2. The molecule has 1 heterocycles. The van der Waals surface area contributed by atoms with Crippen LogP contribution >= 0.6 is 0 Å². The number of aliphatic hydroxyl groups excluding tert-OH is 1. The fourth-order valence-corrected chi connectivity index (χ4v) is 5.78. The van der Waals surface area contributed by atoms with Crippen molar-refractivity contribution in [2.75, 3.05) is 30.3 Å². The monoisotopic (exact) mass is 576 g/mol. The lowest BCUT2D eigenvalue weighted by Gasteiger charge is -2.35. The molecule has 3 aromatic rings. The van der Waals surface area contributed by atoms with E-state index >= 15 is 0 Å². The van der Waals surface area contributed by atoms with E-state index < -0.39 is 33.4 Å². The van der Waals surface area contributed by atoms with Crippen molar-refractivity contribution in [3.05, 3.63) is 89.0 Å². The van der Waals surface area contributed by atoms with Gasteiger partial charge in [-0.1, -0.05) is 19.1 Å². The fourth-order valence-electron chi connectivity index (χ4n) is 4.90. The molecular weight excluding hydrogens is 545 g/mol. The van der Waals surface area contributed by atoms with E-state index in [1.54, 1.807) is 37.3 Å². The van der Waals surface area contributed by atoms with E-state index in [0.29, 0.717) is 30.0 Å². The van der Waals surface area contributed by atoms with Crippen LogP contribution in [0.1, 0.15) is 52.7 Å². The number of benzene rings is 3. The summed E-state index contributed by atoms with van der Waals surface area (Å²) in [7, 11) is -3.40. The number of anilines is 1. The molecule has 1 amide bonds. The summed E-state index contributed by atoms with van der Waals surface area (Å²) in [5.74, 6) is -0.987. The Morgan fingerprint density at radius 3 is 2.35 bits per heavy atom. The maximum Gasteiger partial charge on any atom is 0.416 e. The summed E-state index contributed by atoms with van der Waals surface area (Å²) in [5.41, 5.74) is 7.05. The molecule has 0 saturated carbocycles. The van der Waals surface area contributed by atoms with Crippen molar-refractivity contribution < 1.29 is 36.2 Å². The van der Waals surface area contributed by atoms with Gasteiger partial charge in [-0.25, -0.2) is 8.42 Å². The topological polar surface area (TPSA) is 110 Å². The Labute approximate surface area is 231 Å². The molecule has 3 N–H and O–H groups in total. The summed E-state index contributed by atoms with van der Waals surface area (Å²) in [6.45, 7) is 2.37. The Morgan fingerprint density at radius 1 is 1.10 bits per heavy atom. The first-order valence-corrected chi connectivity index (χ1v) is 14.5. The third kappa shape index (κ3) is 6.59. The number of carbonyl (C=O) groups is 1. The second-order valence-electron chi connectivity index (χ2n) is 9.69. The normalized spacial score (nSPS) is 16.9. The van der Waals surface area contributed by atoms with Crippen LogP contribution in [0.3, 0.4) is 0 Å². The zero-order valence-corrected chi connectivity index (χ0v) is 22.7. The van der Waals surface area contributed by atoms with Crippen molar-refractivity contribution in [1.29, 1.82) is 0 Å². The first-order valence-electron chi connectivity index (χ1n) is 12.9. The first-order chi connectivity index (χ1) is 18.9. The molecule has 0 bridgehead atoms. The molecule has 4 rings (SSSR count). The van der Waals surface area contributed by atoms with Gasteiger partial charge in [-0.15, -0.1) is 0 Å². The van der Waals surface area contributed by atoms with E-state index in [4.69, 9.17) is 10.5 Å². The molecule has 0 spiro atoms. The summed E-state index contributed by atoms with van der Waals surface area (Å²) in [6.07, 6.45) is -3.20. The lowest BCUT2D eigenvalue weighted by molar-refractivity contribution is -0.137. The first kappa shape index (κ1) is 29.4. The van der Waals surface area contributed by atoms with Gasteiger partial charge in [0, 0.05) is 23.7 Å². The highest BCUT2D eigenvalue weighted by Crippen LogP contribution is 2.34. The molecule has 2 atom stereocenters. The minimum Gasteiger partial charge on any atom is -0.489 e. The molecule has 0 radical (unpaired) electrons. The van der Waals surface area contributed by atoms with E-state index in [1.807, 2.05) is 0 Å². The standard InChI is InChI=1S/C29H31F3N2O5S/c1-2-40(37,38)24-12-5-19(6-13-24)27(18-35)26-16-21(9-14-25(26)28(33)36)34-15-3-4-23(17-34)39-22-10-7-20(8-11-22)29(30,31)32/h5-14,16,23,27,35H,2-4,15,17-18H2,1H3,(H2,33,36)/t23-,27-/m1/s1. The van der Waals surface area contributed by atoms with Crippen LogP contribution in [0.15, 0.2) is 71.6 Å². The van der Waals surface area contributed by atoms with Crippen LogP contribution in [-0.4, -0.2) is 51.0 Å². The molecule has 0 unspecified atom stereocenters. The van der Waals surface area contributed by atoms with Gasteiger partial charge >= 0.3 is 6.18 Å². The van der Waals surface area contributed by atoms with Crippen LogP contribution in [-0.2, 0) is 16.0 Å². The van der Waals surface area contributed by atoms with E-state index in [-0.39, 0.29) is 28.9 Å². The molecule has 1 saturated heterocycles. The second-order valence-corrected chi connectivity index (χ2v) is 12.0. The van der Waals surface area contributed by atoms with E-state index in [0.717, 1.165) is 30.7 Å². The maximum absolute atomic E-state index is 12.9. The molecule has 1 fully saturated rings. The molecule has 0 aliphatic carbocycles. The second kappa shape index (κ2) is 11.9. The highest BCUT2D eigenvalue weighted by molar-refractivity contribution is 7.91. The minimum atomic E-state index is -4.42. The zero-order valence-electron chi connectivity index (χ0n) is 21.9. The van der Waals surface area contributed by atoms with Gasteiger partial charge in [-0.05, 0) is 78.6 Å². The number of ether oxygens (including phenoxy) is 1. The van der Waals surface area contributed by atoms with Crippen molar-refractivity contribution >= 4 is 21.4 Å². The third-order valence-corrected chi connectivity index (χ3v) is 8.86. The number of halogens is 3. The van der Waals surface area contributed by atoms with Crippen molar-refractivity contribution in [1.82, 2.24) is 0 Å².